The van der Waals surface area contributed by atoms with Crippen LogP contribution in [0, 0.1) is 12.3 Å². The molecule has 0 atom stereocenters. The van der Waals surface area contributed by atoms with Crippen molar-refractivity contribution in [3.8, 4) is 0 Å². The highest BCUT2D eigenvalue weighted by Crippen LogP contribution is 2.44. The number of anilines is 1. The van der Waals surface area contributed by atoms with Crippen molar-refractivity contribution in [3.05, 3.63) is 23.9 Å². The molecule has 0 bridgehead atoms. The van der Waals surface area contributed by atoms with Crippen LogP contribution in [0.5, 0.6) is 0 Å². The Hall–Kier alpha value is -1.13. The minimum atomic E-state index is 0.690. The molecule has 0 radical (unpaired) electrons. The molecule has 1 saturated carbocycles. The van der Waals surface area contributed by atoms with Crippen molar-refractivity contribution in [1.82, 2.24) is 15.2 Å². The Bertz CT molecular complexity index is 534. The van der Waals surface area contributed by atoms with E-state index in [1.807, 2.05) is 6.20 Å². The van der Waals surface area contributed by atoms with Crippen LogP contribution in [-0.2, 0) is 0 Å². The Labute approximate surface area is 146 Å². The van der Waals surface area contributed by atoms with Gasteiger partial charge in [-0.3, -0.25) is 4.90 Å². The lowest BCUT2D eigenvalue weighted by Crippen LogP contribution is -2.52. The van der Waals surface area contributed by atoms with Crippen LogP contribution < -0.4 is 10.2 Å². The summed E-state index contributed by atoms with van der Waals surface area (Å²) >= 11 is 0. The van der Waals surface area contributed by atoms with Gasteiger partial charge in [-0.15, -0.1) is 0 Å². The summed E-state index contributed by atoms with van der Waals surface area (Å²) in [5.41, 5.74) is 2.00. The number of piperazine rings is 1. The molecule has 0 aromatic carbocycles. The first-order valence-electron chi connectivity index (χ1n) is 9.87. The van der Waals surface area contributed by atoms with Gasteiger partial charge in [0.25, 0.3) is 0 Å². The summed E-state index contributed by atoms with van der Waals surface area (Å²) in [4.78, 5) is 9.78. The molecule has 2 aliphatic heterocycles. The Morgan fingerprint density at radius 2 is 1.75 bits per heavy atom. The van der Waals surface area contributed by atoms with Gasteiger partial charge in [0.1, 0.15) is 5.82 Å². The van der Waals surface area contributed by atoms with Crippen LogP contribution in [0.25, 0.3) is 0 Å². The third-order valence-electron chi connectivity index (χ3n) is 6.74. The molecule has 3 heterocycles. The minimum Gasteiger partial charge on any atom is -0.354 e. The summed E-state index contributed by atoms with van der Waals surface area (Å²) in [6, 6.07) is 5.13. The van der Waals surface area contributed by atoms with Crippen molar-refractivity contribution in [2.75, 3.05) is 44.2 Å². The molecule has 1 spiro atoms. The molecule has 1 N–H and O–H groups in total. The number of rotatable bonds is 2. The van der Waals surface area contributed by atoms with Gasteiger partial charge in [0.15, 0.2) is 0 Å². The summed E-state index contributed by atoms with van der Waals surface area (Å²) in [5.74, 6) is 1.16. The van der Waals surface area contributed by atoms with Gasteiger partial charge in [-0.25, -0.2) is 4.98 Å². The van der Waals surface area contributed by atoms with E-state index in [9.17, 15) is 0 Å². The maximum atomic E-state index is 4.56. The van der Waals surface area contributed by atoms with Crippen LogP contribution >= 0.6 is 0 Å². The van der Waals surface area contributed by atoms with Crippen molar-refractivity contribution in [2.45, 2.75) is 51.5 Å². The topological polar surface area (TPSA) is 31.4 Å². The fourth-order valence-electron chi connectivity index (χ4n) is 5.05. The van der Waals surface area contributed by atoms with Crippen molar-refractivity contribution in [3.63, 3.8) is 0 Å². The van der Waals surface area contributed by atoms with Gasteiger partial charge in [0.2, 0.25) is 0 Å². The number of nitrogens with one attached hydrogen (secondary N) is 1. The van der Waals surface area contributed by atoms with Gasteiger partial charge >= 0.3 is 0 Å². The molecular formula is C20H32N4. The van der Waals surface area contributed by atoms with E-state index in [4.69, 9.17) is 0 Å². The molecule has 4 heteroatoms. The lowest BCUT2D eigenvalue weighted by atomic mass is 9.67. The number of pyridine rings is 1. The van der Waals surface area contributed by atoms with E-state index in [0.717, 1.165) is 24.9 Å². The lowest BCUT2D eigenvalue weighted by molar-refractivity contribution is 0.0626. The maximum absolute atomic E-state index is 4.56. The van der Waals surface area contributed by atoms with E-state index in [1.165, 1.54) is 70.3 Å². The number of hydrogen-bond acceptors (Lipinski definition) is 4. The quantitative estimate of drug-likeness (QED) is 0.904. The fourth-order valence-corrected chi connectivity index (χ4v) is 5.05. The molecule has 24 heavy (non-hydrogen) atoms. The molecule has 0 unspecified atom stereocenters. The Kier molecular flexibility index (Phi) is 4.77. The largest absolute Gasteiger partial charge is 0.354 e. The molecular weight excluding hydrogens is 296 g/mol. The van der Waals surface area contributed by atoms with Crippen molar-refractivity contribution in [1.29, 1.82) is 0 Å². The highest BCUT2D eigenvalue weighted by molar-refractivity contribution is 5.41. The predicted octanol–water partition coefficient (Wildman–Crippen LogP) is 2.82. The van der Waals surface area contributed by atoms with E-state index >= 15 is 0 Å². The van der Waals surface area contributed by atoms with Crippen LogP contribution in [0.4, 0.5) is 5.82 Å². The van der Waals surface area contributed by atoms with Crippen LogP contribution in [0.15, 0.2) is 18.3 Å². The first-order valence-corrected chi connectivity index (χ1v) is 9.87. The number of piperidine rings is 1. The molecule has 4 nitrogen and oxygen atoms in total. The average Bonchev–Trinajstić information content (AvgIpc) is 2.63. The Morgan fingerprint density at radius 1 is 1.04 bits per heavy atom. The summed E-state index contributed by atoms with van der Waals surface area (Å²) in [7, 11) is 0. The third-order valence-corrected chi connectivity index (χ3v) is 6.74. The number of aryl methyl sites for hydroxylation is 1. The van der Waals surface area contributed by atoms with E-state index in [2.05, 4.69) is 39.2 Å². The lowest BCUT2D eigenvalue weighted by Gasteiger charge is -2.47. The summed E-state index contributed by atoms with van der Waals surface area (Å²) in [6.45, 7) is 9.30. The van der Waals surface area contributed by atoms with Crippen LogP contribution in [0.2, 0.25) is 0 Å². The third kappa shape index (κ3) is 3.45. The minimum absolute atomic E-state index is 0.690. The Morgan fingerprint density at radius 3 is 2.42 bits per heavy atom. The van der Waals surface area contributed by atoms with Gasteiger partial charge in [-0.2, -0.15) is 0 Å². The molecule has 3 aliphatic rings. The second kappa shape index (κ2) is 7.01. The monoisotopic (exact) mass is 328 g/mol. The van der Waals surface area contributed by atoms with E-state index in [0.29, 0.717) is 5.41 Å². The zero-order valence-corrected chi connectivity index (χ0v) is 15.1. The maximum Gasteiger partial charge on any atom is 0.128 e. The molecule has 132 valence electrons. The number of nitrogens with zero attached hydrogens (tertiary/aromatic N) is 3. The van der Waals surface area contributed by atoms with Gasteiger partial charge in [0, 0.05) is 38.4 Å². The SMILES string of the molecule is Cc1ccnc(N2CCN(C3CCC4(CCNCC4)CC3)CC2)c1. The van der Waals surface area contributed by atoms with Crippen molar-refractivity contribution in [2.24, 2.45) is 5.41 Å². The second-order valence-electron chi connectivity index (χ2n) is 8.20. The molecule has 1 aliphatic carbocycles. The van der Waals surface area contributed by atoms with Crippen molar-refractivity contribution >= 4 is 5.82 Å². The molecule has 2 saturated heterocycles. The number of hydrogen-bond donors (Lipinski definition) is 1. The smallest absolute Gasteiger partial charge is 0.128 e. The normalized spacial score (nSPS) is 26.0. The molecule has 1 aromatic rings. The Balaban J connectivity index is 1.29. The summed E-state index contributed by atoms with van der Waals surface area (Å²) in [5, 5.41) is 3.53. The van der Waals surface area contributed by atoms with Gasteiger partial charge in [0.05, 0.1) is 0 Å². The predicted molar refractivity (Wildman–Crippen MR) is 99.6 cm³/mol. The van der Waals surface area contributed by atoms with Crippen LogP contribution in [-0.4, -0.2) is 55.2 Å². The molecule has 3 fully saturated rings. The highest BCUT2D eigenvalue weighted by atomic mass is 15.3. The van der Waals surface area contributed by atoms with Gasteiger partial charge in [-0.1, -0.05) is 0 Å². The average molecular weight is 329 g/mol. The van der Waals surface area contributed by atoms with E-state index in [1.54, 1.807) is 0 Å². The van der Waals surface area contributed by atoms with Crippen LogP contribution in [0.3, 0.4) is 0 Å². The summed E-state index contributed by atoms with van der Waals surface area (Å²) in [6.07, 6.45) is 10.5. The van der Waals surface area contributed by atoms with Gasteiger partial charge < -0.3 is 10.2 Å². The van der Waals surface area contributed by atoms with Crippen molar-refractivity contribution < 1.29 is 0 Å². The zero-order chi connectivity index (χ0) is 16.4. The number of aromatic nitrogens is 1. The second-order valence-corrected chi connectivity index (χ2v) is 8.20. The fraction of sp³-hybridized carbons (Fsp3) is 0.750. The van der Waals surface area contributed by atoms with E-state index < -0.39 is 0 Å². The molecule has 4 rings (SSSR count). The highest BCUT2D eigenvalue weighted by Gasteiger charge is 2.38. The van der Waals surface area contributed by atoms with Crippen LogP contribution in [0.1, 0.15) is 44.1 Å². The summed E-state index contributed by atoms with van der Waals surface area (Å²) < 4.78 is 0. The first kappa shape index (κ1) is 16.3. The van der Waals surface area contributed by atoms with Gasteiger partial charge in [-0.05, 0) is 81.6 Å². The van der Waals surface area contributed by atoms with E-state index in [-0.39, 0.29) is 0 Å². The zero-order valence-electron chi connectivity index (χ0n) is 15.1. The first-order chi connectivity index (χ1) is 11.7. The standard InChI is InChI=1S/C20H32N4/c1-17-4-9-22-19(16-17)24-14-12-23(13-15-24)18-2-5-20(6-3-18)7-10-21-11-8-20/h4,9,16,18,21H,2-3,5-8,10-15H2,1H3. The molecule has 0 amide bonds. The molecule has 1 aromatic heterocycles.